The van der Waals surface area contributed by atoms with Crippen LogP contribution in [-0.2, 0) is 0 Å². The maximum atomic E-state index is 4.47. The summed E-state index contributed by atoms with van der Waals surface area (Å²) in [5, 5.41) is 6.55. The van der Waals surface area contributed by atoms with Gasteiger partial charge in [0.15, 0.2) is 0 Å². The number of hydrogen-bond donors (Lipinski definition) is 2. The molecule has 0 radical (unpaired) electrons. The van der Waals surface area contributed by atoms with E-state index in [1.807, 2.05) is 32.0 Å². The third kappa shape index (κ3) is 3.93. The number of hydrogen-bond acceptors (Lipinski definition) is 4. The van der Waals surface area contributed by atoms with Gasteiger partial charge in [0.2, 0.25) is 5.95 Å². The molecular formula is C15H19BrN4. The van der Waals surface area contributed by atoms with Crippen LogP contribution >= 0.6 is 15.9 Å². The zero-order chi connectivity index (χ0) is 14.5. The third-order valence-electron chi connectivity index (χ3n) is 2.90. The normalized spacial score (nSPS) is 12.0. The van der Waals surface area contributed by atoms with Crippen LogP contribution in [0.3, 0.4) is 0 Å². The third-order valence-corrected chi connectivity index (χ3v) is 3.40. The van der Waals surface area contributed by atoms with Crippen LogP contribution in [0.1, 0.15) is 31.1 Å². The van der Waals surface area contributed by atoms with Gasteiger partial charge >= 0.3 is 0 Å². The Labute approximate surface area is 128 Å². The lowest BCUT2D eigenvalue weighted by atomic mass is 10.1. The molecule has 1 unspecified atom stereocenters. The molecule has 0 fully saturated rings. The molecule has 1 aromatic heterocycles. The summed E-state index contributed by atoms with van der Waals surface area (Å²) in [6, 6.07) is 10.4. The van der Waals surface area contributed by atoms with Crippen LogP contribution in [0.15, 0.2) is 34.8 Å². The van der Waals surface area contributed by atoms with E-state index in [1.54, 1.807) is 0 Å². The molecule has 0 aliphatic heterocycles. The molecule has 2 rings (SSSR count). The summed E-state index contributed by atoms with van der Waals surface area (Å²) in [6.07, 6.45) is 0. The summed E-state index contributed by atoms with van der Waals surface area (Å²) in [5.41, 5.74) is 2.15. The molecule has 0 saturated carbocycles. The van der Waals surface area contributed by atoms with Crippen molar-refractivity contribution in [1.29, 1.82) is 0 Å². The first-order valence-electron chi connectivity index (χ1n) is 6.70. The molecule has 4 nitrogen and oxygen atoms in total. The maximum absolute atomic E-state index is 4.47. The number of nitrogens with one attached hydrogen (secondary N) is 2. The number of benzene rings is 1. The van der Waals surface area contributed by atoms with Crippen molar-refractivity contribution < 1.29 is 0 Å². The predicted molar refractivity (Wildman–Crippen MR) is 87.1 cm³/mol. The molecule has 5 heteroatoms. The van der Waals surface area contributed by atoms with Gasteiger partial charge in [0.1, 0.15) is 5.82 Å². The van der Waals surface area contributed by atoms with Crippen LogP contribution in [0, 0.1) is 6.92 Å². The Morgan fingerprint density at radius 2 is 2.05 bits per heavy atom. The number of halogens is 1. The Bertz CT molecular complexity index is 586. The van der Waals surface area contributed by atoms with E-state index in [2.05, 4.69) is 55.6 Å². The van der Waals surface area contributed by atoms with Crippen molar-refractivity contribution in [3.8, 4) is 0 Å². The van der Waals surface area contributed by atoms with E-state index >= 15 is 0 Å². The summed E-state index contributed by atoms with van der Waals surface area (Å²) < 4.78 is 1.08. The van der Waals surface area contributed by atoms with Crippen molar-refractivity contribution in [2.75, 3.05) is 17.2 Å². The van der Waals surface area contributed by atoms with Gasteiger partial charge in [-0.25, -0.2) is 4.98 Å². The second kappa shape index (κ2) is 6.70. The fraction of sp³-hybridized carbons (Fsp3) is 0.333. The van der Waals surface area contributed by atoms with Gasteiger partial charge in [-0.1, -0.05) is 28.1 Å². The predicted octanol–water partition coefficient (Wildman–Crippen LogP) is 4.15. The van der Waals surface area contributed by atoms with Crippen LogP contribution in [0.25, 0.3) is 0 Å². The van der Waals surface area contributed by atoms with Crippen LogP contribution < -0.4 is 10.6 Å². The molecule has 1 atom stereocenters. The number of rotatable bonds is 5. The Kier molecular flexibility index (Phi) is 4.95. The van der Waals surface area contributed by atoms with Crippen LogP contribution in [-0.4, -0.2) is 16.5 Å². The first-order valence-corrected chi connectivity index (χ1v) is 7.49. The smallest absolute Gasteiger partial charge is 0.224 e. The van der Waals surface area contributed by atoms with E-state index in [4.69, 9.17) is 0 Å². The van der Waals surface area contributed by atoms with E-state index < -0.39 is 0 Å². The van der Waals surface area contributed by atoms with Crippen molar-refractivity contribution in [2.45, 2.75) is 26.8 Å². The molecule has 0 amide bonds. The average molecular weight is 335 g/mol. The van der Waals surface area contributed by atoms with Crippen LogP contribution in [0.2, 0.25) is 0 Å². The first kappa shape index (κ1) is 14.8. The van der Waals surface area contributed by atoms with Gasteiger partial charge in [-0.05, 0) is 38.5 Å². The standard InChI is InChI=1S/C15H19BrN4/c1-4-17-15-18-10(2)8-14(20-15)19-11(3)12-6-5-7-13(16)9-12/h5-9,11H,4H2,1-3H3,(H2,17,18,19,20). The Morgan fingerprint density at radius 1 is 1.25 bits per heavy atom. The summed E-state index contributed by atoms with van der Waals surface area (Å²) in [5.74, 6) is 1.50. The van der Waals surface area contributed by atoms with Crippen LogP contribution in [0.4, 0.5) is 11.8 Å². The SMILES string of the molecule is CCNc1nc(C)cc(NC(C)c2cccc(Br)c2)n1. The van der Waals surface area contributed by atoms with Gasteiger partial charge < -0.3 is 10.6 Å². The minimum absolute atomic E-state index is 0.177. The van der Waals surface area contributed by atoms with Crippen molar-refractivity contribution in [3.05, 3.63) is 46.1 Å². The second-order valence-electron chi connectivity index (χ2n) is 4.67. The summed E-state index contributed by atoms with van der Waals surface area (Å²) in [7, 11) is 0. The number of aromatic nitrogens is 2. The van der Waals surface area contributed by atoms with Crippen LogP contribution in [0.5, 0.6) is 0 Å². The van der Waals surface area contributed by atoms with Crippen molar-refractivity contribution in [2.24, 2.45) is 0 Å². The van der Waals surface area contributed by atoms with Crippen molar-refractivity contribution >= 4 is 27.7 Å². The highest BCUT2D eigenvalue weighted by atomic mass is 79.9. The van der Waals surface area contributed by atoms with Gasteiger partial charge in [-0.15, -0.1) is 0 Å². The molecule has 0 bridgehead atoms. The summed E-state index contributed by atoms with van der Waals surface area (Å²) in [6.45, 7) is 6.93. The molecule has 20 heavy (non-hydrogen) atoms. The van der Waals surface area contributed by atoms with E-state index in [-0.39, 0.29) is 6.04 Å². The largest absolute Gasteiger partial charge is 0.363 e. The van der Waals surface area contributed by atoms with E-state index in [0.29, 0.717) is 5.95 Å². The quantitative estimate of drug-likeness (QED) is 0.862. The number of anilines is 2. The Balaban J connectivity index is 2.16. The Morgan fingerprint density at radius 3 is 2.75 bits per heavy atom. The van der Waals surface area contributed by atoms with Crippen molar-refractivity contribution in [1.82, 2.24) is 9.97 Å². The molecule has 106 valence electrons. The molecule has 2 aromatic rings. The number of nitrogens with zero attached hydrogens (tertiary/aromatic N) is 2. The lowest BCUT2D eigenvalue weighted by Gasteiger charge is -2.16. The molecule has 0 aliphatic carbocycles. The highest BCUT2D eigenvalue weighted by Crippen LogP contribution is 2.22. The zero-order valence-electron chi connectivity index (χ0n) is 11.9. The minimum Gasteiger partial charge on any atom is -0.363 e. The molecule has 2 N–H and O–H groups in total. The average Bonchev–Trinajstić information content (AvgIpc) is 2.38. The monoisotopic (exact) mass is 334 g/mol. The zero-order valence-corrected chi connectivity index (χ0v) is 13.5. The maximum Gasteiger partial charge on any atom is 0.224 e. The van der Waals surface area contributed by atoms with Gasteiger partial charge in [0.05, 0.1) is 0 Å². The molecule has 0 saturated heterocycles. The molecule has 1 aromatic carbocycles. The van der Waals surface area contributed by atoms with E-state index in [9.17, 15) is 0 Å². The fourth-order valence-corrected chi connectivity index (χ4v) is 2.38. The fourth-order valence-electron chi connectivity index (χ4n) is 1.96. The lowest BCUT2D eigenvalue weighted by Crippen LogP contribution is -2.10. The Hall–Kier alpha value is -1.62. The van der Waals surface area contributed by atoms with E-state index in [0.717, 1.165) is 22.5 Å². The molecule has 0 spiro atoms. The first-order chi connectivity index (χ1) is 9.58. The molecule has 0 aliphatic rings. The second-order valence-corrected chi connectivity index (χ2v) is 5.59. The lowest BCUT2D eigenvalue weighted by molar-refractivity contribution is 0.869. The van der Waals surface area contributed by atoms with Crippen molar-refractivity contribution in [3.63, 3.8) is 0 Å². The summed E-state index contributed by atoms with van der Waals surface area (Å²) in [4.78, 5) is 8.81. The van der Waals surface area contributed by atoms with Gasteiger partial charge in [-0.2, -0.15) is 4.98 Å². The topological polar surface area (TPSA) is 49.8 Å². The van der Waals surface area contributed by atoms with Gasteiger partial charge in [-0.3, -0.25) is 0 Å². The van der Waals surface area contributed by atoms with Gasteiger partial charge in [0.25, 0.3) is 0 Å². The van der Waals surface area contributed by atoms with E-state index in [1.165, 1.54) is 5.56 Å². The van der Waals surface area contributed by atoms with Gasteiger partial charge in [0, 0.05) is 28.8 Å². The molecular weight excluding hydrogens is 316 g/mol. The summed E-state index contributed by atoms with van der Waals surface area (Å²) >= 11 is 3.50. The minimum atomic E-state index is 0.177. The molecule has 1 heterocycles. The highest BCUT2D eigenvalue weighted by molar-refractivity contribution is 9.10. The highest BCUT2D eigenvalue weighted by Gasteiger charge is 2.08. The number of aryl methyl sites for hydroxylation is 1.